The standard InChI is InChI=1S/C20H18FN3O2S/c1-13(25)22-16-6-8-17(9-7-16)23-19(26)11-10-18-12-27-20(24-18)14-2-4-15(21)5-3-14/h2-9,12H,10-11H2,1H3,(H,22,25)(H,23,26). The maximum Gasteiger partial charge on any atom is 0.224 e. The first-order valence-corrected chi connectivity index (χ1v) is 9.25. The van der Waals surface area contributed by atoms with E-state index in [1.54, 1.807) is 36.4 Å². The summed E-state index contributed by atoms with van der Waals surface area (Å²) in [6.45, 7) is 1.44. The van der Waals surface area contributed by atoms with E-state index >= 15 is 0 Å². The molecule has 27 heavy (non-hydrogen) atoms. The Morgan fingerprint density at radius 3 is 2.26 bits per heavy atom. The SMILES string of the molecule is CC(=O)Nc1ccc(NC(=O)CCc2csc(-c3ccc(F)cc3)n2)cc1. The van der Waals surface area contributed by atoms with Crippen LogP contribution in [0.4, 0.5) is 15.8 Å². The lowest BCUT2D eigenvalue weighted by Gasteiger charge is -2.06. The van der Waals surface area contributed by atoms with Crippen LogP contribution in [0.3, 0.4) is 0 Å². The Labute approximate surface area is 160 Å². The fraction of sp³-hybridized carbons (Fsp3) is 0.150. The van der Waals surface area contributed by atoms with Gasteiger partial charge in [0.2, 0.25) is 11.8 Å². The van der Waals surface area contributed by atoms with Crippen LogP contribution in [-0.4, -0.2) is 16.8 Å². The normalized spacial score (nSPS) is 10.4. The van der Waals surface area contributed by atoms with Gasteiger partial charge in [-0.05, 0) is 55.0 Å². The molecule has 3 rings (SSSR count). The summed E-state index contributed by atoms with van der Waals surface area (Å²) in [6, 6.07) is 13.1. The van der Waals surface area contributed by atoms with Gasteiger partial charge in [-0.2, -0.15) is 0 Å². The molecule has 0 aliphatic carbocycles. The fourth-order valence-corrected chi connectivity index (χ4v) is 3.31. The maximum atomic E-state index is 13.0. The highest BCUT2D eigenvalue weighted by atomic mass is 32.1. The number of carbonyl (C=O) groups excluding carboxylic acids is 2. The third-order valence-electron chi connectivity index (χ3n) is 3.74. The highest BCUT2D eigenvalue weighted by Gasteiger charge is 2.08. The molecule has 0 aliphatic heterocycles. The van der Waals surface area contributed by atoms with Crippen LogP contribution in [0.1, 0.15) is 19.0 Å². The zero-order valence-corrected chi connectivity index (χ0v) is 15.5. The Bertz CT molecular complexity index is 937. The van der Waals surface area contributed by atoms with Crippen LogP contribution in [0.2, 0.25) is 0 Å². The molecule has 0 fully saturated rings. The monoisotopic (exact) mass is 383 g/mol. The Hall–Kier alpha value is -3.06. The molecule has 3 aromatic rings. The third kappa shape index (κ3) is 5.46. The minimum atomic E-state index is -0.280. The maximum absolute atomic E-state index is 13.0. The van der Waals surface area contributed by atoms with Crippen molar-refractivity contribution in [1.29, 1.82) is 0 Å². The average Bonchev–Trinajstić information content (AvgIpc) is 3.11. The van der Waals surface area contributed by atoms with Gasteiger partial charge in [0.25, 0.3) is 0 Å². The number of hydrogen-bond acceptors (Lipinski definition) is 4. The molecular weight excluding hydrogens is 365 g/mol. The van der Waals surface area contributed by atoms with Crippen molar-refractivity contribution in [3.8, 4) is 10.6 Å². The zero-order valence-electron chi connectivity index (χ0n) is 14.7. The van der Waals surface area contributed by atoms with Crippen molar-refractivity contribution in [3.63, 3.8) is 0 Å². The molecule has 2 aromatic carbocycles. The number of halogens is 1. The van der Waals surface area contributed by atoms with Gasteiger partial charge in [-0.15, -0.1) is 11.3 Å². The molecular formula is C20H18FN3O2S. The third-order valence-corrected chi connectivity index (χ3v) is 4.68. The van der Waals surface area contributed by atoms with Gasteiger partial charge in [0.1, 0.15) is 10.8 Å². The first-order valence-electron chi connectivity index (χ1n) is 8.37. The largest absolute Gasteiger partial charge is 0.326 e. The molecule has 0 saturated heterocycles. The van der Waals surface area contributed by atoms with Crippen LogP contribution < -0.4 is 10.6 Å². The van der Waals surface area contributed by atoms with E-state index in [0.29, 0.717) is 24.2 Å². The van der Waals surface area contributed by atoms with Gasteiger partial charge in [0.15, 0.2) is 0 Å². The number of rotatable bonds is 6. The summed E-state index contributed by atoms with van der Waals surface area (Å²) in [5, 5.41) is 8.21. The second-order valence-electron chi connectivity index (χ2n) is 5.96. The number of benzene rings is 2. The fourth-order valence-electron chi connectivity index (χ4n) is 2.45. The number of thiazole rings is 1. The van der Waals surface area contributed by atoms with E-state index < -0.39 is 0 Å². The molecule has 1 aromatic heterocycles. The molecule has 0 saturated carbocycles. The van der Waals surface area contributed by atoms with Crippen molar-refractivity contribution in [1.82, 2.24) is 4.98 Å². The number of hydrogen-bond donors (Lipinski definition) is 2. The van der Waals surface area contributed by atoms with Crippen molar-refractivity contribution in [2.75, 3.05) is 10.6 Å². The van der Waals surface area contributed by atoms with Crippen LogP contribution in [-0.2, 0) is 16.0 Å². The summed E-state index contributed by atoms with van der Waals surface area (Å²) in [5.74, 6) is -0.536. The van der Waals surface area contributed by atoms with E-state index in [1.165, 1.54) is 30.4 Å². The van der Waals surface area contributed by atoms with Gasteiger partial charge < -0.3 is 10.6 Å². The summed E-state index contributed by atoms with van der Waals surface area (Å²) < 4.78 is 13.0. The molecule has 2 amide bonds. The molecule has 7 heteroatoms. The van der Waals surface area contributed by atoms with Crippen molar-refractivity contribution in [3.05, 3.63) is 65.4 Å². The van der Waals surface area contributed by atoms with E-state index in [-0.39, 0.29) is 17.6 Å². The second kappa shape index (κ2) is 8.55. The number of aromatic nitrogens is 1. The molecule has 0 aliphatic rings. The van der Waals surface area contributed by atoms with Crippen LogP contribution in [0, 0.1) is 5.82 Å². The number of aryl methyl sites for hydroxylation is 1. The smallest absolute Gasteiger partial charge is 0.224 e. The Balaban J connectivity index is 1.52. The summed E-state index contributed by atoms with van der Waals surface area (Å²) in [4.78, 5) is 27.6. The van der Waals surface area contributed by atoms with Gasteiger partial charge in [-0.25, -0.2) is 9.37 Å². The lowest BCUT2D eigenvalue weighted by molar-refractivity contribution is -0.116. The van der Waals surface area contributed by atoms with Crippen LogP contribution >= 0.6 is 11.3 Å². The molecule has 1 heterocycles. The number of carbonyl (C=O) groups is 2. The highest BCUT2D eigenvalue weighted by Crippen LogP contribution is 2.24. The number of amides is 2. The molecule has 138 valence electrons. The minimum absolute atomic E-state index is 0.112. The molecule has 0 bridgehead atoms. The molecule has 0 atom stereocenters. The number of nitrogens with one attached hydrogen (secondary N) is 2. The van der Waals surface area contributed by atoms with Crippen molar-refractivity contribution >= 4 is 34.5 Å². The van der Waals surface area contributed by atoms with Gasteiger partial charge in [0.05, 0.1) is 5.69 Å². The van der Waals surface area contributed by atoms with E-state index in [1.807, 2.05) is 5.38 Å². The van der Waals surface area contributed by atoms with Crippen LogP contribution in [0.25, 0.3) is 10.6 Å². The molecule has 0 spiro atoms. The average molecular weight is 383 g/mol. The Morgan fingerprint density at radius 1 is 1.00 bits per heavy atom. The summed E-state index contributed by atoms with van der Waals surface area (Å²) in [7, 11) is 0. The Kier molecular flexibility index (Phi) is 5.93. The lowest BCUT2D eigenvalue weighted by atomic mass is 10.2. The van der Waals surface area contributed by atoms with Gasteiger partial charge >= 0.3 is 0 Å². The van der Waals surface area contributed by atoms with Crippen molar-refractivity contribution < 1.29 is 14.0 Å². The molecule has 5 nitrogen and oxygen atoms in total. The Morgan fingerprint density at radius 2 is 1.63 bits per heavy atom. The van der Waals surface area contributed by atoms with Crippen LogP contribution in [0.15, 0.2) is 53.9 Å². The highest BCUT2D eigenvalue weighted by molar-refractivity contribution is 7.13. The van der Waals surface area contributed by atoms with E-state index in [9.17, 15) is 14.0 Å². The van der Waals surface area contributed by atoms with Gasteiger partial charge in [0, 0.05) is 35.7 Å². The number of nitrogens with zero attached hydrogens (tertiary/aromatic N) is 1. The molecule has 2 N–H and O–H groups in total. The first kappa shape index (κ1) is 18.7. The minimum Gasteiger partial charge on any atom is -0.326 e. The summed E-state index contributed by atoms with van der Waals surface area (Å²) in [5.41, 5.74) is 3.03. The van der Waals surface area contributed by atoms with Crippen molar-refractivity contribution in [2.45, 2.75) is 19.8 Å². The molecule has 0 radical (unpaired) electrons. The number of anilines is 2. The topological polar surface area (TPSA) is 71.1 Å². The van der Waals surface area contributed by atoms with E-state index in [4.69, 9.17) is 0 Å². The first-order chi connectivity index (χ1) is 13.0. The summed E-state index contributed by atoms with van der Waals surface area (Å²) >= 11 is 1.47. The van der Waals surface area contributed by atoms with Crippen molar-refractivity contribution in [2.24, 2.45) is 0 Å². The summed E-state index contributed by atoms with van der Waals surface area (Å²) in [6.07, 6.45) is 0.827. The molecule has 0 unspecified atom stereocenters. The second-order valence-corrected chi connectivity index (χ2v) is 6.82. The zero-order chi connectivity index (χ0) is 19.2. The van der Waals surface area contributed by atoms with Gasteiger partial charge in [-0.3, -0.25) is 9.59 Å². The predicted octanol–water partition coefficient (Wildman–Crippen LogP) is 4.48. The lowest BCUT2D eigenvalue weighted by Crippen LogP contribution is -2.12. The van der Waals surface area contributed by atoms with Crippen LogP contribution in [0.5, 0.6) is 0 Å². The van der Waals surface area contributed by atoms with E-state index in [0.717, 1.165) is 16.3 Å². The van der Waals surface area contributed by atoms with Gasteiger partial charge in [-0.1, -0.05) is 0 Å². The predicted molar refractivity (Wildman–Crippen MR) is 105 cm³/mol. The van der Waals surface area contributed by atoms with E-state index in [2.05, 4.69) is 15.6 Å². The quantitative estimate of drug-likeness (QED) is 0.659.